The number of hydrogen-bond acceptors (Lipinski definition) is 3. The van der Waals surface area contributed by atoms with Gasteiger partial charge in [0.1, 0.15) is 5.58 Å². The Balaban J connectivity index is 1.77. The number of furan rings is 1. The molecule has 1 heterocycles. The van der Waals surface area contributed by atoms with Crippen LogP contribution in [0.25, 0.3) is 11.0 Å². The number of para-hydroxylation sites is 1. The zero-order chi connectivity index (χ0) is 14.1. The quantitative estimate of drug-likeness (QED) is 0.852. The average molecular weight is 288 g/mol. The van der Waals surface area contributed by atoms with E-state index in [0.29, 0.717) is 10.7 Å². The molecule has 2 aromatic rings. The van der Waals surface area contributed by atoms with Gasteiger partial charge in [0.25, 0.3) is 5.91 Å². The van der Waals surface area contributed by atoms with Crippen molar-refractivity contribution < 1.29 is 9.21 Å². The molecule has 0 bridgehead atoms. The number of nitrogens with two attached hydrogens (primary N) is 1. The van der Waals surface area contributed by atoms with Crippen LogP contribution in [0.1, 0.15) is 29.8 Å². The molecular formula is C15H16N2O2S. The Morgan fingerprint density at radius 2 is 2.15 bits per heavy atom. The summed E-state index contributed by atoms with van der Waals surface area (Å²) >= 11 is 5.06. The van der Waals surface area contributed by atoms with E-state index in [0.717, 1.165) is 30.2 Å². The van der Waals surface area contributed by atoms with Gasteiger partial charge in [0.2, 0.25) is 0 Å². The maximum Gasteiger partial charge on any atom is 0.287 e. The lowest BCUT2D eigenvalue weighted by atomic mass is 10.0. The van der Waals surface area contributed by atoms with Crippen LogP contribution in [0.3, 0.4) is 0 Å². The van der Waals surface area contributed by atoms with E-state index in [1.54, 1.807) is 6.07 Å². The van der Waals surface area contributed by atoms with Crippen LogP contribution in [0.2, 0.25) is 0 Å². The number of thiocarbonyl (C=S) groups is 1. The van der Waals surface area contributed by atoms with Gasteiger partial charge < -0.3 is 15.5 Å². The predicted molar refractivity (Wildman–Crippen MR) is 81.6 cm³/mol. The van der Waals surface area contributed by atoms with Gasteiger partial charge in [0.15, 0.2) is 5.76 Å². The van der Waals surface area contributed by atoms with Crippen LogP contribution in [-0.4, -0.2) is 16.9 Å². The summed E-state index contributed by atoms with van der Waals surface area (Å²) in [5, 5.41) is 3.91. The highest BCUT2D eigenvalue weighted by Crippen LogP contribution is 2.26. The van der Waals surface area contributed by atoms with Gasteiger partial charge >= 0.3 is 0 Å². The first kappa shape index (κ1) is 13.1. The molecular weight excluding hydrogens is 272 g/mol. The molecule has 0 aliphatic heterocycles. The Labute approximate surface area is 122 Å². The Hall–Kier alpha value is -1.88. The van der Waals surface area contributed by atoms with Crippen molar-refractivity contribution in [3.05, 3.63) is 36.1 Å². The van der Waals surface area contributed by atoms with Crippen molar-refractivity contribution in [2.24, 2.45) is 11.7 Å². The van der Waals surface area contributed by atoms with Gasteiger partial charge in [0, 0.05) is 17.3 Å². The van der Waals surface area contributed by atoms with E-state index in [4.69, 9.17) is 22.4 Å². The van der Waals surface area contributed by atoms with Gasteiger partial charge in [-0.3, -0.25) is 4.79 Å². The first-order chi connectivity index (χ1) is 9.65. The molecule has 5 heteroatoms. The molecule has 20 heavy (non-hydrogen) atoms. The van der Waals surface area contributed by atoms with E-state index in [2.05, 4.69) is 5.32 Å². The van der Waals surface area contributed by atoms with E-state index in [1.807, 2.05) is 24.3 Å². The lowest BCUT2D eigenvalue weighted by Crippen LogP contribution is -2.41. The number of benzene rings is 1. The van der Waals surface area contributed by atoms with Crippen LogP contribution in [-0.2, 0) is 0 Å². The number of rotatable bonds is 3. The molecule has 104 valence electrons. The number of amides is 1. The second kappa shape index (κ2) is 5.25. The predicted octanol–water partition coefficient (Wildman–Crippen LogP) is 2.62. The van der Waals surface area contributed by atoms with Crippen molar-refractivity contribution >= 4 is 34.1 Å². The smallest absolute Gasteiger partial charge is 0.287 e. The fourth-order valence-electron chi connectivity index (χ4n) is 2.81. The average Bonchev–Trinajstić information content (AvgIpc) is 3.03. The molecule has 1 fully saturated rings. The summed E-state index contributed by atoms with van der Waals surface area (Å²) < 4.78 is 5.56. The number of nitrogens with one attached hydrogen (secondary N) is 1. The first-order valence-electron chi connectivity index (χ1n) is 6.74. The fourth-order valence-corrected chi connectivity index (χ4v) is 3.09. The maximum atomic E-state index is 12.2. The van der Waals surface area contributed by atoms with Gasteiger partial charge in [-0.2, -0.15) is 0 Å². The van der Waals surface area contributed by atoms with E-state index in [1.165, 1.54) is 0 Å². The first-order valence-corrected chi connectivity index (χ1v) is 7.15. The van der Waals surface area contributed by atoms with Crippen LogP contribution in [0.15, 0.2) is 34.7 Å². The third kappa shape index (κ3) is 2.41. The standard InChI is InChI=1S/C15H16N2O2S/c16-14(20)10-5-3-6-11(10)17-15(18)13-8-9-4-1-2-7-12(9)19-13/h1-2,4,7-8,10-11H,3,5-6H2,(H2,16,20)(H,17,18). The minimum atomic E-state index is -0.200. The third-order valence-electron chi connectivity index (χ3n) is 3.85. The second-order valence-electron chi connectivity index (χ2n) is 5.17. The fraction of sp³-hybridized carbons (Fsp3) is 0.333. The second-order valence-corrected chi connectivity index (χ2v) is 5.64. The summed E-state index contributed by atoms with van der Waals surface area (Å²) in [6, 6.07) is 9.35. The molecule has 2 unspecified atom stereocenters. The molecule has 0 spiro atoms. The topological polar surface area (TPSA) is 68.3 Å². The summed E-state index contributed by atoms with van der Waals surface area (Å²) in [6.07, 6.45) is 2.89. The normalized spacial score (nSPS) is 22.0. The molecule has 4 nitrogen and oxygen atoms in total. The van der Waals surface area contributed by atoms with E-state index >= 15 is 0 Å². The van der Waals surface area contributed by atoms with Crippen molar-refractivity contribution in [1.82, 2.24) is 5.32 Å². The largest absolute Gasteiger partial charge is 0.451 e. The summed E-state index contributed by atoms with van der Waals surface area (Å²) in [4.78, 5) is 12.7. The zero-order valence-corrected chi connectivity index (χ0v) is 11.8. The van der Waals surface area contributed by atoms with Crippen molar-refractivity contribution in [1.29, 1.82) is 0 Å². The van der Waals surface area contributed by atoms with E-state index in [9.17, 15) is 4.79 Å². The van der Waals surface area contributed by atoms with Crippen molar-refractivity contribution in [2.45, 2.75) is 25.3 Å². The van der Waals surface area contributed by atoms with Crippen molar-refractivity contribution in [3.8, 4) is 0 Å². The lowest BCUT2D eigenvalue weighted by molar-refractivity contribution is 0.0908. The zero-order valence-electron chi connectivity index (χ0n) is 11.0. The molecule has 1 amide bonds. The highest BCUT2D eigenvalue weighted by molar-refractivity contribution is 7.80. The molecule has 1 aliphatic carbocycles. The van der Waals surface area contributed by atoms with E-state index < -0.39 is 0 Å². The molecule has 1 aromatic heterocycles. The van der Waals surface area contributed by atoms with Gasteiger partial charge in [-0.1, -0.05) is 36.8 Å². The summed E-state index contributed by atoms with van der Waals surface area (Å²) in [7, 11) is 0. The van der Waals surface area contributed by atoms with Gasteiger partial charge in [-0.05, 0) is 25.0 Å². The minimum Gasteiger partial charge on any atom is -0.451 e. The number of carbonyl (C=O) groups is 1. The van der Waals surface area contributed by atoms with Crippen LogP contribution >= 0.6 is 12.2 Å². The van der Waals surface area contributed by atoms with Crippen molar-refractivity contribution in [3.63, 3.8) is 0 Å². The molecule has 1 aliphatic rings. The molecule has 1 saturated carbocycles. The van der Waals surface area contributed by atoms with Crippen molar-refractivity contribution in [2.75, 3.05) is 0 Å². The van der Waals surface area contributed by atoms with Gasteiger partial charge in [-0.15, -0.1) is 0 Å². The van der Waals surface area contributed by atoms with Gasteiger partial charge in [-0.25, -0.2) is 0 Å². The van der Waals surface area contributed by atoms with E-state index in [-0.39, 0.29) is 17.9 Å². The third-order valence-corrected chi connectivity index (χ3v) is 4.15. The lowest BCUT2D eigenvalue weighted by Gasteiger charge is -2.19. The minimum absolute atomic E-state index is 0.0215. The van der Waals surface area contributed by atoms with Gasteiger partial charge in [0.05, 0.1) is 4.99 Å². The molecule has 1 aromatic carbocycles. The highest BCUT2D eigenvalue weighted by Gasteiger charge is 2.31. The Kier molecular flexibility index (Phi) is 3.44. The maximum absolute atomic E-state index is 12.2. The molecule has 0 radical (unpaired) electrons. The highest BCUT2D eigenvalue weighted by atomic mass is 32.1. The number of carbonyl (C=O) groups excluding carboxylic acids is 1. The molecule has 3 rings (SSSR count). The van der Waals surface area contributed by atoms with Crippen LogP contribution < -0.4 is 11.1 Å². The summed E-state index contributed by atoms with van der Waals surface area (Å²) in [5.41, 5.74) is 6.44. The van der Waals surface area contributed by atoms with Crippen LogP contribution in [0.5, 0.6) is 0 Å². The molecule has 2 atom stereocenters. The summed E-state index contributed by atoms with van der Waals surface area (Å²) in [6.45, 7) is 0. The Morgan fingerprint density at radius 1 is 1.35 bits per heavy atom. The van der Waals surface area contributed by atoms with Crippen LogP contribution in [0, 0.1) is 5.92 Å². The Bertz CT molecular complexity index is 632. The SMILES string of the molecule is NC(=S)C1CCCC1NC(=O)c1cc2ccccc2o1. The molecule has 0 saturated heterocycles. The van der Waals surface area contributed by atoms with Crippen LogP contribution in [0.4, 0.5) is 0 Å². The number of fused-ring (bicyclic) bond motifs is 1. The summed E-state index contributed by atoms with van der Waals surface area (Å²) in [5.74, 6) is 0.229. The molecule has 3 N–H and O–H groups in total. The Morgan fingerprint density at radius 3 is 2.90 bits per heavy atom. The number of hydrogen-bond donors (Lipinski definition) is 2. The monoisotopic (exact) mass is 288 g/mol.